The van der Waals surface area contributed by atoms with Gasteiger partial charge >= 0.3 is 0 Å². The van der Waals surface area contributed by atoms with E-state index in [4.69, 9.17) is 9.05 Å². The van der Waals surface area contributed by atoms with Gasteiger partial charge in [-0.15, -0.1) is 0 Å². The highest BCUT2D eigenvalue weighted by Crippen LogP contribution is 2.19. The second kappa shape index (κ2) is 7.08. The summed E-state index contributed by atoms with van der Waals surface area (Å²) in [6.07, 6.45) is 6.44. The van der Waals surface area contributed by atoms with E-state index >= 15 is 0 Å². The summed E-state index contributed by atoms with van der Waals surface area (Å²) >= 11 is 0. The van der Waals surface area contributed by atoms with Crippen molar-refractivity contribution < 1.29 is 13.8 Å². The van der Waals surface area contributed by atoms with Crippen LogP contribution in [0.4, 0.5) is 0 Å². The molecule has 7 heteroatoms. The molecule has 24 heavy (non-hydrogen) atoms. The predicted octanol–water partition coefficient (Wildman–Crippen LogP) is 2.95. The minimum Gasteiger partial charge on any atom is -0.361 e. The normalized spacial score (nSPS) is 10.8. The van der Waals surface area contributed by atoms with Gasteiger partial charge in [0.05, 0.1) is 12.7 Å². The minimum atomic E-state index is -0.154. The lowest BCUT2D eigenvalue weighted by Crippen LogP contribution is -2.26. The molecule has 0 saturated heterocycles. The van der Waals surface area contributed by atoms with Crippen molar-refractivity contribution in [1.82, 2.24) is 20.2 Å². The summed E-state index contributed by atoms with van der Waals surface area (Å²) in [7, 11) is 1.71. The molecule has 0 aliphatic carbocycles. The van der Waals surface area contributed by atoms with Crippen LogP contribution >= 0.6 is 0 Å². The molecule has 3 rings (SSSR count). The average molecular weight is 326 g/mol. The molecule has 0 aromatic carbocycles. The highest BCUT2D eigenvalue weighted by molar-refractivity contribution is 5.94. The Morgan fingerprint density at radius 3 is 2.92 bits per heavy atom. The summed E-state index contributed by atoms with van der Waals surface area (Å²) in [6, 6.07) is 5.54. The first-order valence-electron chi connectivity index (χ1n) is 7.74. The summed E-state index contributed by atoms with van der Waals surface area (Å²) in [5, 5.41) is 7.75. The molecule has 0 aliphatic rings. The van der Waals surface area contributed by atoms with E-state index in [-0.39, 0.29) is 5.91 Å². The topological polar surface area (TPSA) is 85.3 Å². The maximum atomic E-state index is 12.5. The SMILES string of the molecule is CCCc1oncc1C(=O)N(C)Cc1cc(-c2cccnc2)no1. The largest absolute Gasteiger partial charge is 0.361 e. The van der Waals surface area contributed by atoms with E-state index in [9.17, 15) is 4.79 Å². The number of pyridine rings is 1. The number of amides is 1. The van der Waals surface area contributed by atoms with E-state index in [1.807, 2.05) is 19.1 Å². The van der Waals surface area contributed by atoms with Crippen molar-refractivity contribution in [1.29, 1.82) is 0 Å². The van der Waals surface area contributed by atoms with Gasteiger partial charge in [0.1, 0.15) is 17.0 Å². The van der Waals surface area contributed by atoms with Crippen LogP contribution in [-0.2, 0) is 13.0 Å². The number of aromatic nitrogens is 3. The molecule has 0 saturated carbocycles. The van der Waals surface area contributed by atoms with Crippen LogP contribution in [0.2, 0.25) is 0 Å². The van der Waals surface area contributed by atoms with Crippen LogP contribution in [-0.4, -0.2) is 33.2 Å². The van der Waals surface area contributed by atoms with Crippen LogP contribution in [0.5, 0.6) is 0 Å². The molecule has 0 bridgehead atoms. The third kappa shape index (κ3) is 3.34. The summed E-state index contributed by atoms with van der Waals surface area (Å²) in [4.78, 5) is 18.1. The second-order valence-corrected chi connectivity index (χ2v) is 5.49. The van der Waals surface area contributed by atoms with Gasteiger partial charge in [-0.25, -0.2) is 0 Å². The van der Waals surface area contributed by atoms with Crippen molar-refractivity contribution >= 4 is 5.91 Å². The standard InChI is InChI=1S/C17H18N4O3/c1-3-5-16-14(10-19-24-16)17(22)21(2)11-13-8-15(20-23-13)12-6-4-7-18-9-12/h4,6-10H,3,5,11H2,1-2H3. The monoisotopic (exact) mass is 326 g/mol. The van der Waals surface area contributed by atoms with Gasteiger partial charge in [0.25, 0.3) is 5.91 Å². The molecule has 0 fully saturated rings. The van der Waals surface area contributed by atoms with Crippen LogP contribution in [0.15, 0.2) is 45.8 Å². The zero-order valence-electron chi connectivity index (χ0n) is 13.6. The Labute approximate surface area is 139 Å². The highest BCUT2D eigenvalue weighted by Gasteiger charge is 2.20. The predicted molar refractivity (Wildman–Crippen MR) is 86.0 cm³/mol. The maximum absolute atomic E-state index is 12.5. The third-order valence-electron chi connectivity index (χ3n) is 3.61. The lowest BCUT2D eigenvalue weighted by atomic mass is 10.1. The van der Waals surface area contributed by atoms with Gasteiger partial charge in [-0.1, -0.05) is 17.2 Å². The van der Waals surface area contributed by atoms with Crippen molar-refractivity contribution in [3.05, 3.63) is 53.9 Å². The molecule has 0 atom stereocenters. The zero-order chi connectivity index (χ0) is 16.9. The Bertz CT molecular complexity index is 810. The molecule has 3 aromatic heterocycles. The first-order valence-corrected chi connectivity index (χ1v) is 7.74. The Kier molecular flexibility index (Phi) is 4.69. The molecule has 0 spiro atoms. The lowest BCUT2D eigenvalue weighted by molar-refractivity contribution is 0.0770. The molecular formula is C17H18N4O3. The fourth-order valence-corrected chi connectivity index (χ4v) is 2.39. The van der Waals surface area contributed by atoms with Crippen LogP contribution in [0.3, 0.4) is 0 Å². The van der Waals surface area contributed by atoms with Gasteiger partial charge in [0.2, 0.25) is 0 Å². The van der Waals surface area contributed by atoms with Crippen LogP contribution in [0.1, 0.15) is 35.2 Å². The summed E-state index contributed by atoms with van der Waals surface area (Å²) in [5.41, 5.74) is 2.05. The van der Waals surface area contributed by atoms with E-state index in [2.05, 4.69) is 15.3 Å². The van der Waals surface area contributed by atoms with Gasteiger partial charge in [0, 0.05) is 37.5 Å². The smallest absolute Gasteiger partial charge is 0.259 e. The van der Waals surface area contributed by atoms with Crippen molar-refractivity contribution in [3.63, 3.8) is 0 Å². The minimum absolute atomic E-state index is 0.154. The van der Waals surface area contributed by atoms with Crippen LogP contribution < -0.4 is 0 Å². The second-order valence-electron chi connectivity index (χ2n) is 5.49. The quantitative estimate of drug-likeness (QED) is 0.692. The third-order valence-corrected chi connectivity index (χ3v) is 3.61. The molecule has 124 valence electrons. The summed E-state index contributed by atoms with van der Waals surface area (Å²) in [6.45, 7) is 2.33. The van der Waals surface area contributed by atoms with Gasteiger partial charge in [-0.05, 0) is 18.6 Å². The number of nitrogens with zero attached hydrogens (tertiary/aromatic N) is 4. The van der Waals surface area contributed by atoms with Crippen LogP contribution in [0.25, 0.3) is 11.3 Å². The number of aryl methyl sites for hydroxylation is 1. The summed E-state index contributed by atoms with van der Waals surface area (Å²) < 4.78 is 10.5. The molecule has 1 amide bonds. The summed E-state index contributed by atoms with van der Waals surface area (Å²) in [5.74, 6) is 1.06. The molecule has 0 N–H and O–H groups in total. The Morgan fingerprint density at radius 1 is 1.29 bits per heavy atom. The van der Waals surface area contributed by atoms with E-state index in [0.717, 1.165) is 12.0 Å². The Hall–Kier alpha value is -2.96. The van der Waals surface area contributed by atoms with Gasteiger partial charge in [0.15, 0.2) is 5.76 Å². The first-order chi connectivity index (χ1) is 11.7. The lowest BCUT2D eigenvalue weighted by Gasteiger charge is -2.14. The van der Waals surface area contributed by atoms with Gasteiger partial charge < -0.3 is 13.9 Å². The fourth-order valence-electron chi connectivity index (χ4n) is 2.39. The molecule has 7 nitrogen and oxygen atoms in total. The molecule has 3 aromatic rings. The van der Waals surface area contributed by atoms with Crippen molar-refractivity contribution in [2.24, 2.45) is 0 Å². The van der Waals surface area contributed by atoms with E-state index < -0.39 is 0 Å². The highest BCUT2D eigenvalue weighted by atomic mass is 16.5. The number of rotatable bonds is 6. The Morgan fingerprint density at radius 2 is 2.17 bits per heavy atom. The maximum Gasteiger partial charge on any atom is 0.259 e. The fraction of sp³-hybridized carbons (Fsp3) is 0.294. The molecule has 3 heterocycles. The van der Waals surface area contributed by atoms with E-state index in [0.29, 0.717) is 35.7 Å². The molecule has 0 unspecified atom stereocenters. The van der Waals surface area contributed by atoms with E-state index in [1.165, 1.54) is 6.20 Å². The van der Waals surface area contributed by atoms with Crippen molar-refractivity contribution in [2.75, 3.05) is 7.05 Å². The van der Waals surface area contributed by atoms with E-state index in [1.54, 1.807) is 30.4 Å². The number of carbonyl (C=O) groups excluding carboxylic acids is 1. The number of carbonyl (C=O) groups is 1. The molecule has 0 aliphatic heterocycles. The molecule has 0 radical (unpaired) electrons. The average Bonchev–Trinajstić information content (AvgIpc) is 3.25. The Balaban J connectivity index is 1.71. The zero-order valence-corrected chi connectivity index (χ0v) is 13.6. The van der Waals surface area contributed by atoms with Crippen molar-refractivity contribution in [3.8, 4) is 11.3 Å². The molecular weight excluding hydrogens is 308 g/mol. The number of hydrogen-bond donors (Lipinski definition) is 0. The first kappa shape index (κ1) is 15.9. The van der Waals surface area contributed by atoms with Crippen LogP contribution in [0, 0.1) is 0 Å². The van der Waals surface area contributed by atoms with Gasteiger partial charge in [-0.3, -0.25) is 9.78 Å². The van der Waals surface area contributed by atoms with Crippen molar-refractivity contribution in [2.45, 2.75) is 26.3 Å². The van der Waals surface area contributed by atoms with Gasteiger partial charge in [-0.2, -0.15) is 0 Å². The number of hydrogen-bond acceptors (Lipinski definition) is 6.